The van der Waals surface area contributed by atoms with Crippen LogP contribution in [0.3, 0.4) is 0 Å². The Morgan fingerprint density at radius 3 is 2.58 bits per heavy atom. The van der Waals surface area contributed by atoms with Crippen LogP contribution in [0.2, 0.25) is 0 Å². The molecule has 144 valence electrons. The monoisotopic (exact) mass is 382 g/mol. The number of rotatable bonds is 4. The van der Waals surface area contributed by atoms with E-state index < -0.39 is 14.8 Å². The largest absolute Gasteiger partial charge is 0.352 e. The molecule has 1 aromatic rings. The van der Waals surface area contributed by atoms with Crippen LogP contribution in [0.4, 0.5) is 4.39 Å². The first-order valence-electron chi connectivity index (χ1n) is 9.36. The predicted molar refractivity (Wildman–Crippen MR) is 98.2 cm³/mol. The Labute approximate surface area is 154 Å². The second-order valence-corrected chi connectivity index (χ2v) is 9.70. The van der Waals surface area contributed by atoms with Crippen LogP contribution in [-0.4, -0.2) is 38.0 Å². The normalized spacial score (nSPS) is 29.9. The van der Waals surface area contributed by atoms with Gasteiger partial charge in [-0.3, -0.25) is 4.79 Å². The van der Waals surface area contributed by atoms with Crippen molar-refractivity contribution in [1.82, 2.24) is 10.6 Å². The number of carbonyl (C=O) groups excluding carboxylic acids is 1. The van der Waals surface area contributed by atoms with Gasteiger partial charge in [0.05, 0.1) is 10.9 Å². The van der Waals surface area contributed by atoms with Crippen LogP contribution in [-0.2, 0) is 14.6 Å². The summed E-state index contributed by atoms with van der Waals surface area (Å²) < 4.78 is 40.9. The number of carbonyl (C=O) groups is 1. The van der Waals surface area contributed by atoms with Crippen LogP contribution < -0.4 is 10.6 Å². The van der Waals surface area contributed by atoms with Crippen molar-refractivity contribution in [2.24, 2.45) is 0 Å². The summed E-state index contributed by atoms with van der Waals surface area (Å²) in [5.74, 6) is -0.0531. The number of hydrogen-bond donors (Lipinski definition) is 2. The van der Waals surface area contributed by atoms with E-state index in [0.29, 0.717) is 12.8 Å². The van der Waals surface area contributed by atoms with Gasteiger partial charge in [0.25, 0.3) is 0 Å². The molecule has 0 radical (unpaired) electrons. The SMILES string of the molecule is Cc1cccc(S(=O)(=O)[C@]2(F)CC[C@H](NC(=O)[C@H]3CCCCN3)CC2)c1. The number of sulfone groups is 1. The Hall–Kier alpha value is -1.47. The van der Waals surface area contributed by atoms with Gasteiger partial charge in [0.15, 0.2) is 0 Å². The Bertz CT molecular complexity index is 752. The minimum absolute atomic E-state index is 0.0360. The van der Waals surface area contributed by atoms with E-state index in [9.17, 15) is 13.2 Å². The summed E-state index contributed by atoms with van der Waals surface area (Å²) in [6, 6.07) is 6.04. The zero-order chi connectivity index (χ0) is 18.8. The molecule has 3 rings (SSSR count). The topological polar surface area (TPSA) is 75.3 Å². The first kappa shape index (κ1) is 19.3. The molecular weight excluding hydrogens is 355 g/mol. The highest BCUT2D eigenvalue weighted by atomic mass is 32.2. The zero-order valence-electron chi connectivity index (χ0n) is 15.1. The van der Waals surface area contributed by atoms with E-state index in [1.54, 1.807) is 19.1 Å². The van der Waals surface area contributed by atoms with Crippen molar-refractivity contribution in [1.29, 1.82) is 0 Å². The summed E-state index contributed by atoms with van der Waals surface area (Å²) in [6.45, 7) is 2.63. The standard InChI is InChI=1S/C19H27FN2O3S/c1-14-5-4-6-16(13-14)26(24,25)19(20)10-8-15(9-11-19)22-18(23)17-7-2-3-12-21-17/h4-6,13,15,17,21H,2-3,7-12H2,1H3,(H,22,23)/t15-,17-,19+/m1/s1. The van der Waals surface area contributed by atoms with Gasteiger partial charge in [0, 0.05) is 6.04 Å². The third-order valence-electron chi connectivity index (χ3n) is 5.49. The first-order chi connectivity index (χ1) is 12.3. The van der Waals surface area contributed by atoms with E-state index in [0.717, 1.165) is 31.4 Å². The fourth-order valence-electron chi connectivity index (χ4n) is 3.83. The van der Waals surface area contributed by atoms with Crippen molar-refractivity contribution >= 4 is 15.7 Å². The fraction of sp³-hybridized carbons (Fsp3) is 0.632. The van der Waals surface area contributed by atoms with Gasteiger partial charge >= 0.3 is 0 Å². The molecule has 7 heteroatoms. The van der Waals surface area contributed by atoms with Crippen molar-refractivity contribution in [3.05, 3.63) is 29.8 Å². The second-order valence-electron chi connectivity index (χ2n) is 7.49. The van der Waals surface area contributed by atoms with Gasteiger partial charge in [-0.1, -0.05) is 18.6 Å². The minimum Gasteiger partial charge on any atom is -0.352 e. The van der Waals surface area contributed by atoms with Gasteiger partial charge in [-0.15, -0.1) is 0 Å². The number of aryl methyl sites for hydroxylation is 1. The highest BCUT2D eigenvalue weighted by Gasteiger charge is 2.48. The molecule has 0 unspecified atom stereocenters. The van der Waals surface area contributed by atoms with Crippen LogP contribution >= 0.6 is 0 Å². The smallest absolute Gasteiger partial charge is 0.237 e. The molecule has 1 saturated carbocycles. The molecule has 1 aromatic carbocycles. The van der Waals surface area contributed by atoms with Gasteiger partial charge < -0.3 is 10.6 Å². The van der Waals surface area contributed by atoms with Crippen molar-refractivity contribution in [2.45, 2.75) is 73.8 Å². The summed E-state index contributed by atoms with van der Waals surface area (Å²) in [5.41, 5.74) is 0.788. The highest BCUT2D eigenvalue weighted by molar-refractivity contribution is 7.92. The van der Waals surface area contributed by atoms with E-state index in [4.69, 9.17) is 0 Å². The summed E-state index contributed by atoms with van der Waals surface area (Å²) in [7, 11) is -4.05. The maximum Gasteiger partial charge on any atom is 0.237 e. The molecule has 26 heavy (non-hydrogen) atoms. The van der Waals surface area contributed by atoms with Gasteiger partial charge in [0.1, 0.15) is 0 Å². The third-order valence-corrected chi connectivity index (χ3v) is 7.73. The lowest BCUT2D eigenvalue weighted by atomic mass is 9.93. The van der Waals surface area contributed by atoms with E-state index in [1.165, 1.54) is 12.1 Å². The molecule has 1 aliphatic heterocycles. The van der Waals surface area contributed by atoms with Gasteiger partial charge in [-0.25, -0.2) is 12.8 Å². The lowest BCUT2D eigenvalue weighted by Crippen LogP contribution is -2.51. The van der Waals surface area contributed by atoms with Crippen LogP contribution in [0.15, 0.2) is 29.2 Å². The van der Waals surface area contributed by atoms with Crippen LogP contribution in [0.1, 0.15) is 50.5 Å². The first-order valence-corrected chi connectivity index (χ1v) is 10.8. The lowest BCUT2D eigenvalue weighted by Gasteiger charge is -2.34. The molecule has 1 heterocycles. The minimum atomic E-state index is -4.05. The number of nitrogens with one attached hydrogen (secondary N) is 2. The molecule has 5 nitrogen and oxygen atoms in total. The maximum atomic E-state index is 15.3. The maximum absolute atomic E-state index is 15.3. The van der Waals surface area contributed by atoms with Crippen molar-refractivity contribution < 1.29 is 17.6 Å². The molecule has 0 aromatic heterocycles. The summed E-state index contributed by atoms with van der Waals surface area (Å²) in [6.07, 6.45) is 3.40. The van der Waals surface area contributed by atoms with Crippen LogP contribution in [0.5, 0.6) is 0 Å². The number of hydrogen-bond acceptors (Lipinski definition) is 4. The van der Waals surface area contributed by atoms with Gasteiger partial charge in [0.2, 0.25) is 20.7 Å². The molecule has 0 spiro atoms. The molecule has 1 aliphatic carbocycles. The molecule has 1 atom stereocenters. The number of piperidine rings is 1. The second kappa shape index (κ2) is 7.64. The fourth-order valence-corrected chi connectivity index (χ4v) is 5.63. The third kappa shape index (κ3) is 3.93. The molecule has 2 fully saturated rings. The number of amides is 1. The highest BCUT2D eigenvalue weighted by Crippen LogP contribution is 2.40. The summed E-state index contributed by atoms with van der Waals surface area (Å²) in [4.78, 5) is 12.3. The van der Waals surface area contributed by atoms with Gasteiger partial charge in [-0.05, 0) is 69.7 Å². The zero-order valence-corrected chi connectivity index (χ0v) is 15.9. The molecule has 2 N–H and O–H groups in total. The van der Waals surface area contributed by atoms with Crippen molar-refractivity contribution in [3.63, 3.8) is 0 Å². The Morgan fingerprint density at radius 1 is 1.23 bits per heavy atom. The average Bonchev–Trinajstić information content (AvgIpc) is 2.64. The number of benzene rings is 1. The average molecular weight is 383 g/mol. The van der Waals surface area contributed by atoms with Crippen molar-refractivity contribution in [2.75, 3.05) is 6.54 Å². The van der Waals surface area contributed by atoms with E-state index in [2.05, 4.69) is 10.6 Å². The van der Waals surface area contributed by atoms with Gasteiger partial charge in [-0.2, -0.15) is 0 Å². The number of halogens is 1. The van der Waals surface area contributed by atoms with Crippen LogP contribution in [0, 0.1) is 6.92 Å². The van der Waals surface area contributed by atoms with Crippen molar-refractivity contribution in [3.8, 4) is 0 Å². The molecule has 1 amide bonds. The predicted octanol–water partition coefficient (Wildman–Crippen LogP) is 2.64. The van der Waals surface area contributed by atoms with E-state index in [1.807, 2.05) is 0 Å². The summed E-state index contributed by atoms with van der Waals surface area (Å²) >= 11 is 0. The Morgan fingerprint density at radius 2 is 1.96 bits per heavy atom. The van der Waals surface area contributed by atoms with E-state index in [-0.39, 0.29) is 35.7 Å². The molecule has 1 saturated heterocycles. The Balaban J connectivity index is 1.62. The summed E-state index contributed by atoms with van der Waals surface area (Å²) in [5, 5.41) is 3.90. The lowest BCUT2D eigenvalue weighted by molar-refractivity contribution is -0.124. The molecule has 2 aliphatic rings. The van der Waals surface area contributed by atoms with E-state index >= 15 is 4.39 Å². The van der Waals surface area contributed by atoms with Crippen LogP contribution in [0.25, 0.3) is 0 Å². The quantitative estimate of drug-likeness (QED) is 0.839. The number of alkyl halides is 1. The Kier molecular flexibility index (Phi) is 5.67. The molecular formula is C19H27FN2O3S. The molecule has 0 bridgehead atoms.